The predicted octanol–water partition coefficient (Wildman–Crippen LogP) is 5.36. The molecule has 0 atom stereocenters. The molecule has 140 valence electrons. The summed E-state index contributed by atoms with van der Waals surface area (Å²) in [6.07, 6.45) is 0. The molecule has 1 N–H and O–H groups in total. The van der Waals surface area contributed by atoms with Crippen molar-refractivity contribution in [1.29, 1.82) is 0 Å². The zero-order valence-electron chi connectivity index (χ0n) is 14.5. The first kappa shape index (κ1) is 18.3. The molecule has 27 heavy (non-hydrogen) atoms. The summed E-state index contributed by atoms with van der Waals surface area (Å²) in [5.41, 5.74) is 1.91. The maximum Gasteiger partial charge on any atom is 0.221 e. The minimum absolute atomic E-state index is 0.0894. The van der Waals surface area contributed by atoms with Gasteiger partial charge in [-0.2, -0.15) is 5.11 Å². The molecule has 1 aromatic heterocycles. The van der Waals surface area contributed by atoms with Crippen LogP contribution in [0.15, 0.2) is 52.7 Å². The Morgan fingerprint density at radius 3 is 2.56 bits per heavy atom. The van der Waals surface area contributed by atoms with Gasteiger partial charge in [-0.25, -0.2) is 0 Å². The third-order valence-corrected chi connectivity index (χ3v) is 5.27. The number of benzene rings is 2. The summed E-state index contributed by atoms with van der Waals surface area (Å²) in [7, 11) is 0. The largest absolute Gasteiger partial charge is 0.493 e. The molecule has 2 heterocycles. The van der Waals surface area contributed by atoms with Crippen LogP contribution in [0.5, 0.6) is 5.88 Å². The first-order valence-electron chi connectivity index (χ1n) is 8.60. The number of halogens is 2. The number of hydrogen-bond acceptors (Lipinski definition) is 5. The number of azo groups is 1. The number of fused-ring (bicyclic) bond motifs is 1. The molecule has 4 rings (SSSR count). The van der Waals surface area contributed by atoms with Crippen LogP contribution in [-0.4, -0.2) is 40.9 Å². The predicted molar refractivity (Wildman–Crippen MR) is 107 cm³/mol. The van der Waals surface area contributed by atoms with Crippen molar-refractivity contribution in [3.05, 3.63) is 52.5 Å². The van der Waals surface area contributed by atoms with Gasteiger partial charge < -0.3 is 9.84 Å². The fourth-order valence-electron chi connectivity index (χ4n) is 3.11. The SMILES string of the molecule is Oc1c(N=Nc2ccc(Cl)c(Cl)c2)c2ccccc2n1CN1CCOCC1. The highest BCUT2D eigenvalue weighted by Gasteiger charge is 2.19. The maximum absolute atomic E-state index is 10.8. The third kappa shape index (κ3) is 3.80. The Balaban J connectivity index is 1.70. The molecule has 1 saturated heterocycles. The van der Waals surface area contributed by atoms with Crippen LogP contribution in [-0.2, 0) is 11.4 Å². The summed E-state index contributed by atoms with van der Waals surface area (Å²) in [6.45, 7) is 3.61. The highest BCUT2D eigenvalue weighted by Crippen LogP contribution is 2.40. The molecule has 0 saturated carbocycles. The van der Waals surface area contributed by atoms with Crippen LogP contribution >= 0.6 is 23.2 Å². The van der Waals surface area contributed by atoms with Crippen LogP contribution in [0.4, 0.5) is 11.4 Å². The summed E-state index contributed by atoms with van der Waals surface area (Å²) >= 11 is 12.0. The van der Waals surface area contributed by atoms with Gasteiger partial charge in [0, 0.05) is 18.5 Å². The van der Waals surface area contributed by atoms with Crippen molar-refractivity contribution >= 4 is 45.5 Å². The van der Waals surface area contributed by atoms with E-state index in [1.165, 1.54) is 0 Å². The Morgan fingerprint density at radius 1 is 1.00 bits per heavy atom. The van der Waals surface area contributed by atoms with Gasteiger partial charge >= 0.3 is 0 Å². The second-order valence-corrected chi connectivity index (χ2v) is 7.10. The Labute approximate surface area is 166 Å². The number of hydrogen-bond donors (Lipinski definition) is 1. The topological polar surface area (TPSA) is 62.4 Å². The number of morpholine rings is 1. The molecule has 0 spiro atoms. The molecule has 2 aromatic carbocycles. The van der Waals surface area contributed by atoms with Crippen molar-refractivity contribution in [2.45, 2.75) is 6.67 Å². The molecular weight excluding hydrogens is 387 g/mol. The van der Waals surface area contributed by atoms with E-state index in [1.807, 2.05) is 28.8 Å². The molecule has 3 aromatic rings. The summed E-state index contributed by atoms with van der Waals surface area (Å²) in [6, 6.07) is 12.8. The van der Waals surface area contributed by atoms with Crippen molar-refractivity contribution in [2.75, 3.05) is 26.3 Å². The fourth-order valence-corrected chi connectivity index (χ4v) is 3.40. The Morgan fingerprint density at radius 2 is 1.78 bits per heavy atom. The summed E-state index contributed by atoms with van der Waals surface area (Å²) in [5, 5.41) is 21.1. The first-order valence-corrected chi connectivity index (χ1v) is 9.36. The quantitative estimate of drug-likeness (QED) is 0.595. The maximum atomic E-state index is 10.8. The number of para-hydroxylation sites is 1. The molecule has 1 fully saturated rings. The van der Waals surface area contributed by atoms with Gasteiger partial charge in [0.25, 0.3) is 0 Å². The van der Waals surface area contributed by atoms with Gasteiger partial charge in [-0.05, 0) is 24.3 Å². The fraction of sp³-hybridized carbons (Fsp3) is 0.263. The second kappa shape index (κ2) is 7.86. The molecule has 8 heteroatoms. The van der Waals surface area contributed by atoms with Crippen LogP contribution in [0.2, 0.25) is 10.0 Å². The van der Waals surface area contributed by atoms with Gasteiger partial charge in [-0.15, -0.1) is 5.11 Å². The summed E-state index contributed by atoms with van der Waals surface area (Å²) in [5.74, 6) is 0.0894. The van der Waals surface area contributed by atoms with Crippen molar-refractivity contribution < 1.29 is 9.84 Å². The van der Waals surface area contributed by atoms with Gasteiger partial charge in [0.2, 0.25) is 5.88 Å². The third-order valence-electron chi connectivity index (χ3n) is 4.53. The molecule has 0 radical (unpaired) electrons. The normalized spacial score (nSPS) is 15.8. The van der Waals surface area contributed by atoms with Crippen LogP contribution < -0.4 is 0 Å². The first-order chi connectivity index (χ1) is 13.1. The zero-order valence-corrected chi connectivity index (χ0v) is 16.0. The molecule has 6 nitrogen and oxygen atoms in total. The van der Waals surface area contributed by atoms with E-state index in [0.717, 1.165) is 24.0 Å². The number of ether oxygens (including phenoxy) is 1. The molecule has 0 aliphatic carbocycles. The van der Waals surface area contributed by atoms with E-state index in [4.69, 9.17) is 27.9 Å². The lowest BCUT2D eigenvalue weighted by Gasteiger charge is -2.27. The number of nitrogens with zero attached hydrogens (tertiary/aromatic N) is 4. The molecule has 1 aliphatic heterocycles. The van der Waals surface area contributed by atoms with E-state index in [9.17, 15) is 5.11 Å². The monoisotopic (exact) mass is 404 g/mol. The average molecular weight is 405 g/mol. The Bertz CT molecular complexity index is 997. The van der Waals surface area contributed by atoms with E-state index < -0.39 is 0 Å². The highest BCUT2D eigenvalue weighted by molar-refractivity contribution is 6.42. The van der Waals surface area contributed by atoms with Crippen molar-refractivity contribution in [1.82, 2.24) is 9.47 Å². The van der Waals surface area contributed by atoms with Crippen LogP contribution in [0.1, 0.15) is 0 Å². The average Bonchev–Trinajstić information content (AvgIpc) is 2.95. The van der Waals surface area contributed by atoms with Crippen LogP contribution in [0, 0.1) is 0 Å². The number of aromatic nitrogens is 1. The van der Waals surface area contributed by atoms with Gasteiger partial charge in [0.15, 0.2) is 5.69 Å². The van der Waals surface area contributed by atoms with E-state index in [0.29, 0.717) is 41.3 Å². The lowest BCUT2D eigenvalue weighted by atomic mass is 10.2. The van der Waals surface area contributed by atoms with Crippen molar-refractivity contribution in [3.63, 3.8) is 0 Å². The number of rotatable bonds is 4. The standard InChI is InChI=1S/C19H18Cl2N4O2/c20-15-6-5-13(11-16(15)21)22-23-18-14-3-1-2-4-17(14)25(19(18)26)12-24-7-9-27-10-8-24/h1-6,11,26H,7-10,12H2. The highest BCUT2D eigenvalue weighted by atomic mass is 35.5. The molecule has 0 unspecified atom stereocenters. The van der Waals surface area contributed by atoms with E-state index in [1.54, 1.807) is 18.2 Å². The van der Waals surface area contributed by atoms with E-state index in [-0.39, 0.29) is 5.88 Å². The molecular formula is C19H18Cl2N4O2. The minimum Gasteiger partial charge on any atom is -0.493 e. The minimum atomic E-state index is 0.0894. The van der Waals surface area contributed by atoms with E-state index in [2.05, 4.69) is 15.1 Å². The Hall–Kier alpha value is -2.12. The van der Waals surface area contributed by atoms with Gasteiger partial charge in [-0.3, -0.25) is 9.47 Å². The van der Waals surface area contributed by atoms with Crippen molar-refractivity contribution in [2.24, 2.45) is 10.2 Å². The number of aromatic hydroxyl groups is 1. The lowest BCUT2D eigenvalue weighted by molar-refractivity contribution is 0.0231. The van der Waals surface area contributed by atoms with Gasteiger partial charge in [0.05, 0.1) is 41.1 Å². The smallest absolute Gasteiger partial charge is 0.221 e. The Kier molecular flexibility index (Phi) is 5.31. The molecule has 0 amide bonds. The van der Waals surface area contributed by atoms with Crippen LogP contribution in [0.25, 0.3) is 10.9 Å². The van der Waals surface area contributed by atoms with Gasteiger partial charge in [-0.1, -0.05) is 41.4 Å². The second-order valence-electron chi connectivity index (χ2n) is 6.29. The summed E-state index contributed by atoms with van der Waals surface area (Å²) < 4.78 is 7.25. The lowest BCUT2D eigenvalue weighted by Crippen LogP contribution is -2.37. The molecule has 1 aliphatic rings. The van der Waals surface area contributed by atoms with Crippen molar-refractivity contribution in [3.8, 4) is 5.88 Å². The van der Waals surface area contributed by atoms with E-state index >= 15 is 0 Å². The van der Waals surface area contributed by atoms with Crippen LogP contribution in [0.3, 0.4) is 0 Å². The summed E-state index contributed by atoms with van der Waals surface area (Å²) in [4.78, 5) is 2.23. The zero-order chi connectivity index (χ0) is 18.8. The molecule has 0 bridgehead atoms. The van der Waals surface area contributed by atoms with Gasteiger partial charge in [0.1, 0.15) is 0 Å².